The minimum Gasteiger partial charge on any atom is -0.453 e. The summed E-state index contributed by atoms with van der Waals surface area (Å²) in [5, 5.41) is 11.7. The van der Waals surface area contributed by atoms with E-state index in [2.05, 4.69) is 92.8 Å². The number of hydrogen-bond acceptors (Lipinski definition) is 8. The number of hydrogen-bond donors (Lipinski definition) is 6. The lowest BCUT2D eigenvalue weighted by Crippen LogP contribution is -2.50. The Labute approximate surface area is 263 Å². The highest BCUT2D eigenvalue weighted by Crippen LogP contribution is 2.46. The van der Waals surface area contributed by atoms with Crippen molar-refractivity contribution in [2.75, 3.05) is 38.3 Å². The third-order valence-electron chi connectivity index (χ3n) is 7.69. The van der Waals surface area contributed by atoms with E-state index in [1.165, 1.54) is 7.11 Å². The number of carbonyl (C=O) groups excluding carboxylic acids is 4. The number of amides is 4. The lowest BCUT2D eigenvalue weighted by Gasteiger charge is -2.46. The minimum absolute atomic E-state index is 0. The van der Waals surface area contributed by atoms with Gasteiger partial charge in [0.1, 0.15) is 0 Å². The molecule has 0 bridgehead atoms. The van der Waals surface area contributed by atoms with Crippen LogP contribution in [0.5, 0.6) is 0 Å². The molecule has 0 aromatic rings. The van der Waals surface area contributed by atoms with Crippen molar-refractivity contribution in [1.82, 2.24) is 21.3 Å². The number of rotatable bonds is 9. The monoisotopic (exact) mass is 626 g/mol. The van der Waals surface area contributed by atoms with Gasteiger partial charge in [0, 0.05) is 30.9 Å². The van der Waals surface area contributed by atoms with Crippen molar-refractivity contribution in [1.29, 1.82) is 0 Å². The summed E-state index contributed by atoms with van der Waals surface area (Å²) in [5.41, 5.74) is 0.150. The van der Waals surface area contributed by atoms with Crippen LogP contribution in [-0.4, -0.2) is 74.4 Å². The molecule has 0 aromatic carbocycles. The number of thiol groups is 2. The third-order valence-corrected chi connectivity index (χ3v) is 8.27. The second-order valence-corrected chi connectivity index (χ2v) is 14.5. The van der Waals surface area contributed by atoms with Crippen LogP contribution >= 0.6 is 25.3 Å². The molecule has 2 saturated carbocycles. The SMILES string of the molecule is CCOC(=O)NCC1(C)CC(NC(=O)CS)CC(C)(C)C1.COC(=O)NC1CC(C)(C)CC(C)(CNC(=O)CS)C1.[HH].[HH].[HH].[HH]. The fourth-order valence-electron chi connectivity index (χ4n) is 7.08. The molecule has 0 spiro atoms. The van der Waals surface area contributed by atoms with Crippen molar-refractivity contribution < 1.29 is 34.4 Å². The Morgan fingerprint density at radius 3 is 1.63 bits per heavy atom. The average molecular weight is 627 g/mol. The third kappa shape index (κ3) is 14.3. The molecule has 4 unspecified atom stereocenters. The number of nitrogens with one attached hydrogen (secondary N) is 4. The quantitative estimate of drug-likeness (QED) is 0.192. The molecule has 0 saturated heterocycles. The zero-order chi connectivity index (χ0) is 31.5. The summed E-state index contributed by atoms with van der Waals surface area (Å²) in [7, 11) is 1.37. The van der Waals surface area contributed by atoms with Gasteiger partial charge in [-0.3, -0.25) is 9.59 Å². The molecule has 4 atom stereocenters. The van der Waals surface area contributed by atoms with Crippen LogP contribution in [-0.2, 0) is 19.1 Å². The summed E-state index contributed by atoms with van der Waals surface area (Å²) in [6, 6.07) is 0.200. The van der Waals surface area contributed by atoms with Gasteiger partial charge >= 0.3 is 12.2 Å². The van der Waals surface area contributed by atoms with Gasteiger partial charge in [0.25, 0.3) is 0 Å². The van der Waals surface area contributed by atoms with E-state index in [1.54, 1.807) is 6.92 Å². The van der Waals surface area contributed by atoms with Crippen LogP contribution in [0.3, 0.4) is 0 Å². The highest BCUT2D eigenvalue weighted by molar-refractivity contribution is 7.81. The van der Waals surface area contributed by atoms with E-state index in [9.17, 15) is 19.2 Å². The molecule has 2 aliphatic carbocycles. The molecule has 4 amide bonds. The van der Waals surface area contributed by atoms with Crippen LogP contribution in [0.15, 0.2) is 0 Å². The maximum absolute atomic E-state index is 11.6. The molecule has 0 radical (unpaired) electrons. The van der Waals surface area contributed by atoms with E-state index < -0.39 is 6.09 Å². The van der Waals surface area contributed by atoms with E-state index in [-0.39, 0.29) is 68.9 Å². The van der Waals surface area contributed by atoms with Gasteiger partial charge in [0.2, 0.25) is 11.8 Å². The maximum atomic E-state index is 11.6. The summed E-state index contributed by atoms with van der Waals surface area (Å²) in [6.07, 6.45) is 4.78. The molecular weight excluding hydrogens is 564 g/mol. The first kappa shape index (κ1) is 37.2. The molecule has 246 valence electrons. The summed E-state index contributed by atoms with van der Waals surface area (Å²) < 4.78 is 9.58. The van der Waals surface area contributed by atoms with Crippen molar-refractivity contribution >= 4 is 49.3 Å². The fourth-order valence-corrected chi connectivity index (χ4v) is 7.28. The van der Waals surface area contributed by atoms with Crippen molar-refractivity contribution in [3.63, 3.8) is 0 Å². The molecule has 12 heteroatoms. The predicted molar refractivity (Wildman–Crippen MR) is 177 cm³/mol. The molecule has 41 heavy (non-hydrogen) atoms. The van der Waals surface area contributed by atoms with Gasteiger partial charge < -0.3 is 30.7 Å². The van der Waals surface area contributed by atoms with E-state index >= 15 is 0 Å². The zero-order valence-electron chi connectivity index (χ0n) is 26.3. The first-order chi connectivity index (χ1) is 18.9. The molecule has 2 rings (SSSR count). The summed E-state index contributed by atoms with van der Waals surface area (Å²) in [5.74, 6) is 0.301. The lowest BCUT2D eigenvalue weighted by atomic mass is 9.62. The molecule has 2 aliphatic rings. The molecule has 0 aromatic heterocycles. The second-order valence-electron chi connectivity index (χ2n) is 13.9. The van der Waals surface area contributed by atoms with Crippen molar-refractivity contribution in [3.05, 3.63) is 0 Å². The van der Waals surface area contributed by atoms with E-state index in [4.69, 9.17) is 4.74 Å². The van der Waals surface area contributed by atoms with Gasteiger partial charge in [-0.05, 0) is 67.1 Å². The smallest absolute Gasteiger partial charge is 0.407 e. The topological polar surface area (TPSA) is 135 Å². The second kappa shape index (κ2) is 16.1. The number of alkyl carbamates (subject to hydrolysis) is 2. The van der Waals surface area contributed by atoms with E-state index in [1.807, 2.05) is 0 Å². The van der Waals surface area contributed by atoms with E-state index in [0.717, 1.165) is 38.5 Å². The Morgan fingerprint density at radius 2 is 1.20 bits per heavy atom. The number of methoxy groups -OCH3 is 1. The fraction of sp³-hybridized carbons (Fsp3) is 0.862. The predicted octanol–water partition coefficient (Wildman–Crippen LogP) is 5.32. The average Bonchev–Trinajstić information content (AvgIpc) is 2.84. The van der Waals surface area contributed by atoms with Gasteiger partial charge in [-0.25, -0.2) is 9.59 Å². The van der Waals surface area contributed by atoms with Gasteiger partial charge in [-0.2, -0.15) is 25.3 Å². The van der Waals surface area contributed by atoms with Crippen molar-refractivity contribution in [2.24, 2.45) is 21.7 Å². The highest BCUT2D eigenvalue weighted by atomic mass is 32.1. The molecule has 4 N–H and O–H groups in total. The Bertz CT molecular complexity index is 922. The Kier molecular flexibility index (Phi) is 14.6. The number of carbonyl (C=O) groups is 4. The zero-order valence-corrected chi connectivity index (χ0v) is 28.1. The van der Waals surface area contributed by atoms with Crippen LogP contribution in [0.2, 0.25) is 0 Å². The molecule has 0 aliphatic heterocycles. The summed E-state index contributed by atoms with van der Waals surface area (Å²) in [4.78, 5) is 45.8. The number of ether oxygens (including phenoxy) is 2. The van der Waals surface area contributed by atoms with Gasteiger partial charge in [-0.15, -0.1) is 0 Å². The molecule has 0 heterocycles. The first-order valence-corrected chi connectivity index (χ1v) is 15.7. The van der Waals surface area contributed by atoms with Crippen LogP contribution in [0, 0.1) is 21.7 Å². The maximum Gasteiger partial charge on any atom is 0.407 e. The normalized spacial score (nSPS) is 28.1. The standard InChI is InChI=1S/C15H28N2O3S.C14H26N2O3S.4H2/c1-5-20-13(19)16-10-15(4)7-11(17-12(18)8-21)6-14(2,3)9-15;1-13(2)5-10(16-12(18)19-4)6-14(3,8-13)9-15-11(17)7-20;;;;/h11,21H,5-10H2,1-4H3,(H,16,19)(H,17,18);10,20H,5-9H2,1-4H3,(H,15,17)(H,16,18);4*1H. The Hall–Kier alpha value is -1.82. The summed E-state index contributed by atoms with van der Waals surface area (Å²) in [6.45, 7) is 16.4. The Balaban J connectivity index is -0.000000343. The van der Waals surface area contributed by atoms with Crippen molar-refractivity contribution in [2.45, 2.75) is 99.1 Å². The van der Waals surface area contributed by atoms with Gasteiger partial charge in [-0.1, -0.05) is 41.5 Å². The lowest BCUT2D eigenvalue weighted by molar-refractivity contribution is -0.120. The van der Waals surface area contributed by atoms with Crippen molar-refractivity contribution in [3.8, 4) is 0 Å². The first-order valence-electron chi connectivity index (χ1n) is 14.4. The van der Waals surface area contributed by atoms with Crippen LogP contribution < -0.4 is 21.3 Å². The molecule has 10 nitrogen and oxygen atoms in total. The van der Waals surface area contributed by atoms with Crippen LogP contribution in [0.1, 0.15) is 92.7 Å². The minimum atomic E-state index is -0.394. The molecule has 2 fully saturated rings. The summed E-state index contributed by atoms with van der Waals surface area (Å²) >= 11 is 7.97. The van der Waals surface area contributed by atoms with Gasteiger partial charge in [0.05, 0.1) is 25.2 Å². The highest BCUT2D eigenvalue weighted by Gasteiger charge is 2.43. The largest absolute Gasteiger partial charge is 0.453 e. The van der Waals surface area contributed by atoms with Gasteiger partial charge in [0.15, 0.2) is 0 Å². The Morgan fingerprint density at radius 1 is 0.732 bits per heavy atom. The van der Waals surface area contributed by atoms with E-state index in [0.29, 0.717) is 19.7 Å². The van der Waals surface area contributed by atoms with Crippen LogP contribution in [0.4, 0.5) is 9.59 Å². The van der Waals surface area contributed by atoms with Crippen LogP contribution in [0.25, 0.3) is 0 Å². The molecular formula is C29H62N4O6S2.